The van der Waals surface area contributed by atoms with Gasteiger partial charge in [-0.1, -0.05) is 32.0 Å². The smallest absolute Gasteiger partial charge is 0.243 e. The van der Waals surface area contributed by atoms with Gasteiger partial charge < -0.3 is 15.1 Å². The van der Waals surface area contributed by atoms with Gasteiger partial charge in [0.1, 0.15) is 17.7 Å². The van der Waals surface area contributed by atoms with E-state index in [9.17, 15) is 14.4 Å². The molecule has 1 aromatic carbocycles. The maximum Gasteiger partial charge on any atom is 0.243 e. The molecule has 1 N–H and O–H groups in total. The van der Waals surface area contributed by atoms with Crippen molar-refractivity contribution in [2.45, 2.75) is 85.9 Å². The summed E-state index contributed by atoms with van der Waals surface area (Å²) in [5.74, 6) is 1.18. The van der Waals surface area contributed by atoms with E-state index in [4.69, 9.17) is 5.10 Å². The molecule has 0 spiro atoms. The number of aromatic nitrogens is 5. The monoisotopic (exact) mass is 576 g/mol. The number of nitrogens with one attached hydrogen (secondary N) is 1. The molecule has 4 rings (SSSR count). The summed E-state index contributed by atoms with van der Waals surface area (Å²) in [6.45, 7) is 12.9. The molecule has 1 aliphatic rings. The second kappa shape index (κ2) is 13.3. The number of para-hydroxylation sites is 1. The summed E-state index contributed by atoms with van der Waals surface area (Å²) >= 11 is 0. The van der Waals surface area contributed by atoms with Crippen molar-refractivity contribution in [3.05, 3.63) is 58.9 Å². The number of rotatable bonds is 5. The van der Waals surface area contributed by atoms with Crippen molar-refractivity contribution >= 4 is 17.7 Å². The van der Waals surface area contributed by atoms with Crippen LogP contribution in [0.25, 0.3) is 5.69 Å². The van der Waals surface area contributed by atoms with Crippen LogP contribution in [-0.4, -0.2) is 78.2 Å². The molecule has 0 unspecified atom stereocenters. The summed E-state index contributed by atoms with van der Waals surface area (Å²) < 4.78 is 3.70. The van der Waals surface area contributed by atoms with Crippen LogP contribution >= 0.6 is 0 Å². The Morgan fingerprint density at radius 2 is 1.76 bits per heavy atom. The van der Waals surface area contributed by atoms with Crippen LogP contribution in [0.3, 0.4) is 0 Å². The van der Waals surface area contributed by atoms with Crippen LogP contribution in [0, 0.1) is 26.7 Å². The van der Waals surface area contributed by atoms with Crippen LogP contribution < -0.4 is 5.32 Å². The minimum atomic E-state index is -0.641. The van der Waals surface area contributed by atoms with E-state index in [-0.39, 0.29) is 42.5 Å². The van der Waals surface area contributed by atoms with Gasteiger partial charge in [0.15, 0.2) is 0 Å². The molecule has 226 valence electrons. The van der Waals surface area contributed by atoms with E-state index in [1.807, 2.05) is 65.4 Å². The fourth-order valence-corrected chi connectivity index (χ4v) is 5.47. The van der Waals surface area contributed by atoms with Gasteiger partial charge in [0.05, 0.1) is 30.4 Å². The van der Waals surface area contributed by atoms with Gasteiger partial charge in [-0.2, -0.15) is 10.2 Å². The summed E-state index contributed by atoms with van der Waals surface area (Å²) in [4.78, 5) is 48.0. The lowest BCUT2D eigenvalue weighted by Gasteiger charge is -2.29. The lowest BCUT2D eigenvalue weighted by molar-refractivity contribution is -0.139. The fraction of sp³-hybridized carbons (Fsp3) is 0.548. The van der Waals surface area contributed by atoms with Crippen molar-refractivity contribution in [3.63, 3.8) is 0 Å². The molecule has 0 saturated heterocycles. The van der Waals surface area contributed by atoms with Crippen molar-refractivity contribution < 1.29 is 14.4 Å². The minimum absolute atomic E-state index is 0.0273. The number of carbonyl (C=O) groups is 3. The van der Waals surface area contributed by atoms with E-state index in [1.165, 1.54) is 4.90 Å². The Bertz CT molecular complexity index is 1410. The molecule has 2 aromatic heterocycles. The molecular weight excluding hydrogens is 532 g/mol. The molecule has 0 fully saturated rings. The first kappa shape index (κ1) is 30.9. The molecule has 0 aliphatic carbocycles. The van der Waals surface area contributed by atoms with E-state index in [0.29, 0.717) is 44.1 Å². The van der Waals surface area contributed by atoms with Crippen molar-refractivity contribution in [3.8, 4) is 5.69 Å². The quantitative estimate of drug-likeness (QED) is 0.498. The van der Waals surface area contributed by atoms with Crippen LogP contribution in [-0.2, 0) is 27.3 Å². The van der Waals surface area contributed by atoms with Crippen molar-refractivity contribution in [2.24, 2.45) is 5.92 Å². The molecule has 0 bridgehead atoms. The molecule has 1 aliphatic heterocycles. The SMILES string of the molecule is Cc1nc2n(n1)CCN(C(=O)Cc1c(C)nn(-c3ccccc3)c1C)CCCC(=O)N(C)[C@@H](C)C(=O)N[C@@H]2CC(C)C. The maximum atomic E-state index is 13.8. The minimum Gasteiger partial charge on any atom is -0.344 e. The largest absolute Gasteiger partial charge is 0.344 e. The van der Waals surface area contributed by atoms with Crippen molar-refractivity contribution in [1.29, 1.82) is 0 Å². The molecule has 0 saturated carbocycles. The highest BCUT2D eigenvalue weighted by Crippen LogP contribution is 2.22. The standard InChI is InChI=1S/C31H44N8O3/c1-20(2)18-27-30-32-24(6)35-38(30)17-16-37(15-11-14-28(40)36(7)23(5)31(42)33-27)29(41)19-26-21(3)34-39(22(26)4)25-12-9-8-10-13-25/h8-10,12-13,20,23,27H,11,14-19H2,1-7H3,(H,33,42)/t23-,27+/m0/s1. The highest BCUT2D eigenvalue weighted by molar-refractivity contribution is 5.87. The average Bonchev–Trinajstić information content (AvgIpc) is 3.47. The summed E-state index contributed by atoms with van der Waals surface area (Å²) in [7, 11) is 1.65. The zero-order chi connectivity index (χ0) is 30.6. The fourth-order valence-electron chi connectivity index (χ4n) is 5.47. The predicted octanol–water partition coefficient (Wildman–Crippen LogP) is 3.30. The van der Waals surface area contributed by atoms with Crippen LogP contribution in [0.5, 0.6) is 0 Å². The number of hydrogen-bond acceptors (Lipinski definition) is 6. The number of amides is 3. The normalized spacial score (nSPS) is 19.0. The van der Waals surface area contributed by atoms with Crippen LogP contribution in [0.2, 0.25) is 0 Å². The van der Waals surface area contributed by atoms with Gasteiger partial charge in [-0.3, -0.25) is 14.4 Å². The van der Waals surface area contributed by atoms with Crippen molar-refractivity contribution in [1.82, 2.24) is 39.7 Å². The van der Waals surface area contributed by atoms with Crippen LogP contribution in [0.1, 0.15) is 74.7 Å². The number of nitrogens with zero attached hydrogens (tertiary/aromatic N) is 7. The number of benzene rings is 1. The van der Waals surface area contributed by atoms with E-state index >= 15 is 0 Å². The molecule has 3 aromatic rings. The number of carbonyl (C=O) groups excluding carboxylic acids is 3. The summed E-state index contributed by atoms with van der Waals surface area (Å²) in [5.41, 5.74) is 3.61. The van der Waals surface area contributed by atoms with E-state index < -0.39 is 6.04 Å². The number of likely N-dealkylation sites (N-methyl/N-ethyl adjacent to an activating group) is 1. The second-order valence-corrected chi connectivity index (χ2v) is 11.7. The third-order valence-corrected chi connectivity index (χ3v) is 8.02. The Morgan fingerprint density at radius 1 is 1.05 bits per heavy atom. The van der Waals surface area contributed by atoms with E-state index in [0.717, 1.165) is 22.6 Å². The van der Waals surface area contributed by atoms with E-state index in [1.54, 1.807) is 14.0 Å². The Morgan fingerprint density at radius 3 is 2.45 bits per heavy atom. The molecule has 42 heavy (non-hydrogen) atoms. The molecule has 11 nitrogen and oxygen atoms in total. The maximum absolute atomic E-state index is 13.8. The van der Waals surface area contributed by atoms with Gasteiger partial charge in [-0.25, -0.2) is 14.3 Å². The van der Waals surface area contributed by atoms with Crippen LogP contribution in [0.15, 0.2) is 30.3 Å². The Balaban J connectivity index is 1.62. The topological polar surface area (TPSA) is 118 Å². The molecule has 11 heteroatoms. The first-order valence-corrected chi connectivity index (χ1v) is 14.8. The molecule has 0 radical (unpaired) electrons. The van der Waals surface area contributed by atoms with Gasteiger partial charge in [0, 0.05) is 37.8 Å². The second-order valence-electron chi connectivity index (χ2n) is 11.7. The molecule has 3 amide bonds. The first-order valence-electron chi connectivity index (χ1n) is 14.8. The summed E-state index contributed by atoms with van der Waals surface area (Å²) in [6, 6.07) is 8.87. The number of aryl methyl sites for hydroxylation is 2. The van der Waals surface area contributed by atoms with Gasteiger partial charge in [0.25, 0.3) is 0 Å². The molecular formula is C31H44N8O3. The number of hydrogen-bond donors (Lipinski definition) is 1. The predicted molar refractivity (Wildman–Crippen MR) is 160 cm³/mol. The lowest BCUT2D eigenvalue weighted by Crippen LogP contribution is -2.48. The van der Waals surface area contributed by atoms with Gasteiger partial charge in [0.2, 0.25) is 17.7 Å². The number of fused-ring (bicyclic) bond motifs is 1. The summed E-state index contributed by atoms with van der Waals surface area (Å²) in [5, 5.41) is 12.5. The highest BCUT2D eigenvalue weighted by Gasteiger charge is 2.29. The van der Waals surface area contributed by atoms with Gasteiger partial charge in [-0.05, 0) is 58.6 Å². The van der Waals surface area contributed by atoms with Gasteiger partial charge >= 0.3 is 0 Å². The highest BCUT2D eigenvalue weighted by atomic mass is 16.2. The molecule has 2 atom stereocenters. The van der Waals surface area contributed by atoms with Crippen molar-refractivity contribution in [2.75, 3.05) is 20.1 Å². The third-order valence-electron chi connectivity index (χ3n) is 8.02. The Kier molecular flexibility index (Phi) is 9.80. The zero-order valence-electron chi connectivity index (χ0n) is 25.9. The average molecular weight is 577 g/mol. The van der Waals surface area contributed by atoms with E-state index in [2.05, 4.69) is 29.2 Å². The van der Waals surface area contributed by atoms with Crippen LogP contribution in [0.4, 0.5) is 0 Å². The first-order chi connectivity index (χ1) is 20.0. The lowest BCUT2D eigenvalue weighted by atomic mass is 10.0. The molecule has 3 heterocycles. The Labute approximate surface area is 248 Å². The Hall–Kier alpha value is -4.02. The zero-order valence-corrected chi connectivity index (χ0v) is 25.9. The van der Waals surface area contributed by atoms with Gasteiger partial charge in [-0.15, -0.1) is 0 Å². The third kappa shape index (κ3) is 7.06. The summed E-state index contributed by atoms with van der Waals surface area (Å²) in [6.07, 6.45) is 1.61.